The quantitative estimate of drug-likeness (QED) is 0.752. The second-order valence-electron chi connectivity index (χ2n) is 5.25. The van der Waals surface area contributed by atoms with E-state index >= 15 is 0 Å². The molecule has 0 aromatic heterocycles. The van der Waals surface area contributed by atoms with Gasteiger partial charge in [0, 0.05) is 16.0 Å². The van der Waals surface area contributed by atoms with Gasteiger partial charge in [-0.05, 0) is 42.5 Å². The van der Waals surface area contributed by atoms with E-state index in [-0.39, 0.29) is 5.41 Å². The summed E-state index contributed by atoms with van der Waals surface area (Å²) in [5.41, 5.74) is 1.45. The van der Waals surface area contributed by atoms with Crippen molar-refractivity contribution in [2.45, 2.75) is 33.6 Å². The molecule has 1 nitrogen and oxygen atoms in total. The normalized spacial score (nSPS) is 11.8. The van der Waals surface area contributed by atoms with Crippen molar-refractivity contribution >= 4 is 27.5 Å². The molecule has 0 saturated heterocycles. The average molecular weight is 319 g/mol. The summed E-state index contributed by atoms with van der Waals surface area (Å²) in [6.45, 7) is 8.83. The average Bonchev–Trinajstić information content (AvgIpc) is 2.22. The molecular formula is C14H21BrClN. The van der Waals surface area contributed by atoms with Gasteiger partial charge in [-0.3, -0.25) is 0 Å². The van der Waals surface area contributed by atoms with Crippen LogP contribution in [-0.4, -0.2) is 13.1 Å². The standard InChI is InChI=1S/C14H21BrClN/c1-4-7-17-10-14(2,3)9-11-5-6-12(15)8-13(11)16/h5-6,8,17H,4,7,9-10H2,1-3H3. The summed E-state index contributed by atoms with van der Waals surface area (Å²) >= 11 is 9.68. The summed E-state index contributed by atoms with van der Waals surface area (Å²) in [5, 5.41) is 4.32. The fourth-order valence-electron chi connectivity index (χ4n) is 1.85. The number of halogens is 2. The third kappa shape index (κ3) is 5.41. The lowest BCUT2D eigenvalue weighted by atomic mass is 9.85. The van der Waals surface area contributed by atoms with Crippen LogP contribution in [0.15, 0.2) is 22.7 Å². The van der Waals surface area contributed by atoms with Gasteiger partial charge in [-0.2, -0.15) is 0 Å². The SMILES string of the molecule is CCCNCC(C)(C)Cc1ccc(Br)cc1Cl. The zero-order valence-corrected chi connectivity index (χ0v) is 13.2. The Hall–Kier alpha value is -0.0500. The number of nitrogens with one attached hydrogen (secondary N) is 1. The van der Waals surface area contributed by atoms with Crippen LogP contribution < -0.4 is 5.32 Å². The van der Waals surface area contributed by atoms with E-state index in [0.717, 1.165) is 29.0 Å². The highest BCUT2D eigenvalue weighted by molar-refractivity contribution is 9.10. The monoisotopic (exact) mass is 317 g/mol. The Bertz CT molecular complexity index is 363. The van der Waals surface area contributed by atoms with Crippen molar-refractivity contribution in [1.82, 2.24) is 5.32 Å². The Balaban J connectivity index is 2.62. The maximum Gasteiger partial charge on any atom is 0.0449 e. The van der Waals surface area contributed by atoms with Crippen LogP contribution in [0.2, 0.25) is 5.02 Å². The second kappa shape index (κ2) is 6.77. The number of hydrogen-bond acceptors (Lipinski definition) is 1. The van der Waals surface area contributed by atoms with Crippen LogP contribution in [0, 0.1) is 5.41 Å². The third-order valence-electron chi connectivity index (χ3n) is 2.71. The van der Waals surface area contributed by atoms with Gasteiger partial charge >= 0.3 is 0 Å². The van der Waals surface area contributed by atoms with E-state index in [1.54, 1.807) is 0 Å². The molecule has 0 spiro atoms. The second-order valence-corrected chi connectivity index (χ2v) is 6.58. The van der Waals surface area contributed by atoms with E-state index in [2.05, 4.69) is 54.2 Å². The van der Waals surface area contributed by atoms with Gasteiger partial charge in [-0.25, -0.2) is 0 Å². The van der Waals surface area contributed by atoms with Crippen molar-refractivity contribution in [2.24, 2.45) is 5.41 Å². The van der Waals surface area contributed by atoms with Crippen molar-refractivity contribution < 1.29 is 0 Å². The van der Waals surface area contributed by atoms with E-state index in [4.69, 9.17) is 11.6 Å². The van der Waals surface area contributed by atoms with Crippen molar-refractivity contribution in [3.63, 3.8) is 0 Å². The van der Waals surface area contributed by atoms with Gasteiger partial charge in [0.1, 0.15) is 0 Å². The van der Waals surface area contributed by atoms with Crippen LogP contribution in [0.25, 0.3) is 0 Å². The molecule has 17 heavy (non-hydrogen) atoms. The molecule has 0 saturated carbocycles. The molecule has 0 radical (unpaired) electrons. The van der Waals surface area contributed by atoms with E-state index in [9.17, 15) is 0 Å². The molecule has 0 aliphatic heterocycles. The lowest BCUT2D eigenvalue weighted by Gasteiger charge is -2.25. The lowest BCUT2D eigenvalue weighted by molar-refractivity contribution is 0.339. The van der Waals surface area contributed by atoms with E-state index in [1.807, 2.05) is 6.07 Å². The molecular weight excluding hydrogens is 298 g/mol. The Kier molecular flexibility index (Phi) is 5.98. The largest absolute Gasteiger partial charge is 0.316 e. The first-order valence-corrected chi connectivity index (χ1v) is 7.26. The van der Waals surface area contributed by atoms with Gasteiger partial charge in [0.05, 0.1) is 0 Å². The van der Waals surface area contributed by atoms with Crippen molar-refractivity contribution in [3.8, 4) is 0 Å². The summed E-state index contributed by atoms with van der Waals surface area (Å²) in [6, 6.07) is 6.12. The van der Waals surface area contributed by atoms with Crippen LogP contribution in [-0.2, 0) is 6.42 Å². The molecule has 0 bridgehead atoms. The molecule has 0 atom stereocenters. The number of benzene rings is 1. The van der Waals surface area contributed by atoms with E-state index in [0.29, 0.717) is 0 Å². The molecule has 96 valence electrons. The van der Waals surface area contributed by atoms with Crippen LogP contribution in [0.3, 0.4) is 0 Å². The molecule has 0 heterocycles. The van der Waals surface area contributed by atoms with E-state index in [1.165, 1.54) is 12.0 Å². The zero-order chi connectivity index (χ0) is 12.9. The first-order valence-electron chi connectivity index (χ1n) is 6.09. The fraction of sp³-hybridized carbons (Fsp3) is 0.571. The van der Waals surface area contributed by atoms with Crippen molar-refractivity contribution in [1.29, 1.82) is 0 Å². The summed E-state index contributed by atoms with van der Waals surface area (Å²) in [6.07, 6.45) is 2.17. The highest BCUT2D eigenvalue weighted by atomic mass is 79.9. The molecule has 1 aromatic carbocycles. The van der Waals surface area contributed by atoms with Gasteiger partial charge in [-0.1, -0.05) is 54.4 Å². The topological polar surface area (TPSA) is 12.0 Å². The maximum atomic E-state index is 6.25. The molecule has 0 unspecified atom stereocenters. The van der Waals surface area contributed by atoms with Crippen molar-refractivity contribution in [3.05, 3.63) is 33.3 Å². The van der Waals surface area contributed by atoms with Crippen molar-refractivity contribution in [2.75, 3.05) is 13.1 Å². The maximum absolute atomic E-state index is 6.25. The molecule has 0 aliphatic carbocycles. The molecule has 0 fully saturated rings. The van der Waals surface area contributed by atoms with Crippen LogP contribution in [0.1, 0.15) is 32.8 Å². The third-order valence-corrected chi connectivity index (χ3v) is 3.56. The molecule has 3 heteroatoms. The Morgan fingerprint density at radius 1 is 1.35 bits per heavy atom. The molecule has 1 N–H and O–H groups in total. The summed E-state index contributed by atoms with van der Waals surface area (Å²) in [5.74, 6) is 0. The minimum Gasteiger partial charge on any atom is -0.316 e. The van der Waals surface area contributed by atoms with Gasteiger partial charge in [0.25, 0.3) is 0 Å². The van der Waals surface area contributed by atoms with Gasteiger partial charge in [0.2, 0.25) is 0 Å². The lowest BCUT2D eigenvalue weighted by Crippen LogP contribution is -2.31. The van der Waals surface area contributed by atoms with Crippen LogP contribution in [0.4, 0.5) is 0 Å². The fourth-order valence-corrected chi connectivity index (χ4v) is 2.59. The number of hydrogen-bond donors (Lipinski definition) is 1. The Morgan fingerprint density at radius 2 is 2.06 bits per heavy atom. The summed E-state index contributed by atoms with van der Waals surface area (Å²) in [7, 11) is 0. The molecule has 0 amide bonds. The van der Waals surface area contributed by atoms with E-state index < -0.39 is 0 Å². The first-order chi connectivity index (χ1) is 7.94. The highest BCUT2D eigenvalue weighted by Gasteiger charge is 2.19. The predicted molar refractivity (Wildman–Crippen MR) is 79.8 cm³/mol. The molecule has 1 aromatic rings. The highest BCUT2D eigenvalue weighted by Crippen LogP contribution is 2.28. The Morgan fingerprint density at radius 3 is 2.65 bits per heavy atom. The van der Waals surface area contributed by atoms with Gasteiger partial charge < -0.3 is 5.32 Å². The summed E-state index contributed by atoms with van der Waals surface area (Å²) < 4.78 is 1.04. The predicted octanol–water partition coefficient (Wildman–Crippen LogP) is 4.67. The van der Waals surface area contributed by atoms with Gasteiger partial charge in [0.15, 0.2) is 0 Å². The number of rotatable bonds is 6. The Labute approximate surface area is 118 Å². The minimum atomic E-state index is 0.229. The smallest absolute Gasteiger partial charge is 0.0449 e. The van der Waals surface area contributed by atoms with Crippen LogP contribution in [0.5, 0.6) is 0 Å². The summed E-state index contributed by atoms with van der Waals surface area (Å²) in [4.78, 5) is 0. The molecule has 1 rings (SSSR count). The zero-order valence-electron chi connectivity index (χ0n) is 10.8. The minimum absolute atomic E-state index is 0.229. The first kappa shape index (κ1) is 15.0. The molecule has 0 aliphatic rings. The van der Waals surface area contributed by atoms with Crippen LogP contribution >= 0.6 is 27.5 Å². The van der Waals surface area contributed by atoms with Gasteiger partial charge in [-0.15, -0.1) is 0 Å².